The van der Waals surface area contributed by atoms with Gasteiger partial charge >= 0.3 is 0 Å². The minimum absolute atomic E-state index is 0.487. The summed E-state index contributed by atoms with van der Waals surface area (Å²) in [4.78, 5) is 2.56. The van der Waals surface area contributed by atoms with Crippen LogP contribution in [-0.4, -0.2) is 37.2 Å². The van der Waals surface area contributed by atoms with Gasteiger partial charge in [0.1, 0.15) is 0 Å². The molecule has 18 heavy (non-hydrogen) atoms. The average molecular weight is 246 g/mol. The molecule has 0 saturated carbocycles. The third kappa shape index (κ3) is 2.30. The zero-order valence-corrected chi connectivity index (χ0v) is 10.8. The quantitative estimate of drug-likeness (QED) is 0.876. The van der Waals surface area contributed by atoms with E-state index in [1.165, 1.54) is 17.5 Å². The van der Waals surface area contributed by atoms with E-state index in [0.29, 0.717) is 12.0 Å². The van der Waals surface area contributed by atoms with Crippen LogP contribution >= 0.6 is 0 Å². The standard InChI is InChI=1S/C15H22N2O/c16-9-15(14-6-8-18-11-14)17-7-5-12-3-1-2-4-13(12)10-17/h1-4,14-15H,5-11,16H2. The van der Waals surface area contributed by atoms with E-state index in [-0.39, 0.29) is 0 Å². The van der Waals surface area contributed by atoms with Gasteiger partial charge in [0.05, 0.1) is 6.61 Å². The Hall–Kier alpha value is -0.900. The molecule has 2 N–H and O–H groups in total. The molecule has 2 heterocycles. The minimum Gasteiger partial charge on any atom is -0.381 e. The Morgan fingerprint density at radius 2 is 2.17 bits per heavy atom. The summed E-state index contributed by atoms with van der Waals surface area (Å²) in [6, 6.07) is 9.27. The average Bonchev–Trinajstić information content (AvgIpc) is 2.93. The molecule has 2 aliphatic heterocycles. The van der Waals surface area contributed by atoms with Crippen molar-refractivity contribution in [3.8, 4) is 0 Å². The maximum absolute atomic E-state index is 6.01. The van der Waals surface area contributed by atoms with Crippen molar-refractivity contribution >= 4 is 0 Å². The van der Waals surface area contributed by atoms with Crippen molar-refractivity contribution in [3.05, 3.63) is 35.4 Å². The highest BCUT2D eigenvalue weighted by molar-refractivity contribution is 5.29. The highest BCUT2D eigenvalue weighted by Crippen LogP contribution is 2.26. The van der Waals surface area contributed by atoms with Crippen molar-refractivity contribution < 1.29 is 4.74 Å². The van der Waals surface area contributed by atoms with Crippen LogP contribution in [-0.2, 0) is 17.7 Å². The van der Waals surface area contributed by atoms with Gasteiger partial charge in [-0.3, -0.25) is 4.90 Å². The van der Waals surface area contributed by atoms with Gasteiger partial charge in [0, 0.05) is 38.2 Å². The van der Waals surface area contributed by atoms with Crippen LogP contribution < -0.4 is 5.73 Å². The minimum atomic E-state index is 0.487. The summed E-state index contributed by atoms with van der Waals surface area (Å²) in [5.74, 6) is 0.625. The van der Waals surface area contributed by atoms with Gasteiger partial charge < -0.3 is 10.5 Å². The number of benzene rings is 1. The summed E-state index contributed by atoms with van der Waals surface area (Å²) in [6.45, 7) is 4.73. The first-order valence-electron chi connectivity index (χ1n) is 6.97. The number of nitrogens with two attached hydrogens (primary N) is 1. The molecule has 1 saturated heterocycles. The summed E-state index contributed by atoms with van der Waals surface area (Å²) in [5, 5.41) is 0. The van der Waals surface area contributed by atoms with Crippen molar-refractivity contribution in [2.24, 2.45) is 11.7 Å². The Labute approximate surface area is 109 Å². The Morgan fingerprint density at radius 3 is 2.89 bits per heavy atom. The molecule has 0 aliphatic carbocycles. The van der Waals surface area contributed by atoms with Crippen LogP contribution in [0.25, 0.3) is 0 Å². The molecule has 2 aliphatic rings. The summed E-state index contributed by atoms with van der Waals surface area (Å²) < 4.78 is 5.52. The van der Waals surface area contributed by atoms with Gasteiger partial charge in [0.2, 0.25) is 0 Å². The molecule has 3 nitrogen and oxygen atoms in total. The van der Waals surface area contributed by atoms with Gasteiger partial charge in [-0.15, -0.1) is 0 Å². The monoisotopic (exact) mass is 246 g/mol. The highest BCUT2D eigenvalue weighted by atomic mass is 16.5. The summed E-state index contributed by atoms with van der Waals surface area (Å²) >= 11 is 0. The van der Waals surface area contributed by atoms with Crippen molar-refractivity contribution in [1.82, 2.24) is 4.90 Å². The Kier molecular flexibility index (Phi) is 3.64. The van der Waals surface area contributed by atoms with Crippen LogP contribution in [0, 0.1) is 5.92 Å². The second-order valence-electron chi connectivity index (χ2n) is 5.42. The smallest absolute Gasteiger partial charge is 0.0510 e. The third-order valence-corrected chi connectivity index (χ3v) is 4.38. The van der Waals surface area contributed by atoms with Crippen molar-refractivity contribution in [1.29, 1.82) is 0 Å². The van der Waals surface area contributed by atoms with Crippen LogP contribution in [0.15, 0.2) is 24.3 Å². The van der Waals surface area contributed by atoms with E-state index in [0.717, 1.165) is 39.3 Å². The fraction of sp³-hybridized carbons (Fsp3) is 0.600. The molecule has 3 rings (SSSR count). The van der Waals surface area contributed by atoms with Crippen LogP contribution in [0.5, 0.6) is 0 Å². The van der Waals surface area contributed by atoms with E-state index >= 15 is 0 Å². The molecule has 1 aromatic carbocycles. The molecule has 98 valence electrons. The molecular weight excluding hydrogens is 224 g/mol. The van der Waals surface area contributed by atoms with Gasteiger partial charge in [-0.1, -0.05) is 24.3 Å². The first kappa shape index (κ1) is 12.2. The first-order chi connectivity index (χ1) is 8.88. The zero-order chi connectivity index (χ0) is 12.4. The van der Waals surface area contributed by atoms with Gasteiger partial charge in [-0.2, -0.15) is 0 Å². The SMILES string of the molecule is NCC(C1CCOC1)N1CCc2ccccc2C1. The lowest BCUT2D eigenvalue weighted by atomic mass is 9.93. The van der Waals surface area contributed by atoms with Crippen molar-refractivity contribution in [2.75, 3.05) is 26.3 Å². The first-order valence-corrected chi connectivity index (χ1v) is 6.97. The Bertz CT molecular complexity index is 401. The number of hydrogen-bond donors (Lipinski definition) is 1. The van der Waals surface area contributed by atoms with Gasteiger partial charge in [0.15, 0.2) is 0 Å². The Balaban J connectivity index is 1.73. The lowest BCUT2D eigenvalue weighted by Crippen LogP contribution is -2.47. The fourth-order valence-corrected chi connectivity index (χ4v) is 3.30. The molecule has 0 radical (unpaired) electrons. The van der Waals surface area contributed by atoms with E-state index in [1.54, 1.807) is 0 Å². The molecule has 1 aromatic rings. The number of hydrogen-bond acceptors (Lipinski definition) is 3. The molecule has 2 atom stereocenters. The second kappa shape index (κ2) is 5.39. The predicted octanol–water partition coefficient (Wildman–Crippen LogP) is 1.41. The molecule has 1 fully saturated rings. The van der Waals surface area contributed by atoms with Crippen molar-refractivity contribution in [2.45, 2.75) is 25.4 Å². The highest BCUT2D eigenvalue weighted by Gasteiger charge is 2.31. The molecule has 0 spiro atoms. The molecule has 0 aromatic heterocycles. The maximum atomic E-state index is 6.01. The number of fused-ring (bicyclic) bond motifs is 1. The number of ether oxygens (including phenoxy) is 1. The van der Waals surface area contributed by atoms with E-state index < -0.39 is 0 Å². The van der Waals surface area contributed by atoms with Crippen molar-refractivity contribution in [3.63, 3.8) is 0 Å². The van der Waals surface area contributed by atoms with Crippen LogP contribution in [0.1, 0.15) is 17.5 Å². The van der Waals surface area contributed by atoms with Crippen LogP contribution in [0.3, 0.4) is 0 Å². The van der Waals surface area contributed by atoms with Gasteiger partial charge in [-0.05, 0) is 24.0 Å². The third-order valence-electron chi connectivity index (χ3n) is 4.38. The molecular formula is C15H22N2O. The van der Waals surface area contributed by atoms with E-state index in [1.807, 2.05) is 0 Å². The molecule has 0 amide bonds. The largest absolute Gasteiger partial charge is 0.381 e. The summed E-state index contributed by atoms with van der Waals surface area (Å²) in [6.07, 6.45) is 2.32. The lowest BCUT2D eigenvalue weighted by molar-refractivity contribution is 0.112. The van der Waals surface area contributed by atoms with E-state index in [2.05, 4.69) is 29.2 Å². The normalized spacial score (nSPS) is 25.9. The number of rotatable bonds is 3. The summed E-state index contributed by atoms with van der Waals surface area (Å²) in [5.41, 5.74) is 8.99. The Morgan fingerprint density at radius 1 is 1.33 bits per heavy atom. The lowest BCUT2D eigenvalue weighted by Gasteiger charge is -2.37. The molecule has 0 bridgehead atoms. The zero-order valence-electron chi connectivity index (χ0n) is 10.8. The molecule has 3 heteroatoms. The predicted molar refractivity (Wildman–Crippen MR) is 72.3 cm³/mol. The summed E-state index contributed by atoms with van der Waals surface area (Å²) in [7, 11) is 0. The van der Waals surface area contributed by atoms with Gasteiger partial charge in [-0.25, -0.2) is 0 Å². The van der Waals surface area contributed by atoms with Crippen LogP contribution in [0.4, 0.5) is 0 Å². The molecule has 2 unspecified atom stereocenters. The fourth-order valence-electron chi connectivity index (χ4n) is 3.30. The number of nitrogens with zero attached hydrogens (tertiary/aromatic N) is 1. The second-order valence-corrected chi connectivity index (χ2v) is 5.42. The van der Waals surface area contributed by atoms with Crippen LogP contribution in [0.2, 0.25) is 0 Å². The van der Waals surface area contributed by atoms with E-state index in [4.69, 9.17) is 10.5 Å². The maximum Gasteiger partial charge on any atom is 0.0510 e. The van der Waals surface area contributed by atoms with Gasteiger partial charge in [0.25, 0.3) is 0 Å². The van der Waals surface area contributed by atoms with E-state index in [9.17, 15) is 0 Å². The topological polar surface area (TPSA) is 38.5 Å².